The lowest BCUT2D eigenvalue weighted by atomic mass is 10.0. The lowest BCUT2D eigenvalue weighted by molar-refractivity contribution is -0.123. The second-order valence-electron chi connectivity index (χ2n) is 7.32. The van der Waals surface area contributed by atoms with Crippen molar-refractivity contribution in [3.8, 4) is 0 Å². The van der Waals surface area contributed by atoms with Crippen molar-refractivity contribution in [1.82, 2.24) is 10.0 Å². The Bertz CT molecular complexity index is 857. The first kappa shape index (κ1) is 21.1. The molecule has 0 fully saturated rings. The minimum atomic E-state index is -3.77. The molecule has 2 N–H and O–H groups in total. The van der Waals surface area contributed by atoms with Crippen LogP contribution in [0.15, 0.2) is 53.4 Å². The number of carbonyl (C=O) groups excluding carboxylic acids is 1. The fourth-order valence-electron chi connectivity index (χ4n) is 2.67. The van der Waals surface area contributed by atoms with Gasteiger partial charge >= 0.3 is 0 Å². The molecule has 2 aromatic carbocycles. The van der Waals surface area contributed by atoms with Gasteiger partial charge in [-0.05, 0) is 43.9 Å². The van der Waals surface area contributed by atoms with Crippen molar-refractivity contribution in [2.75, 3.05) is 0 Å². The average Bonchev–Trinajstić information content (AvgIpc) is 2.60. The van der Waals surface area contributed by atoms with E-state index in [1.165, 1.54) is 0 Å². The zero-order chi connectivity index (χ0) is 20.0. The van der Waals surface area contributed by atoms with Crippen LogP contribution >= 0.6 is 0 Å². The Morgan fingerprint density at radius 2 is 1.44 bits per heavy atom. The predicted molar refractivity (Wildman–Crippen MR) is 108 cm³/mol. The molecule has 5 nitrogen and oxygen atoms in total. The van der Waals surface area contributed by atoms with Crippen molar-refractivity contribution in [2.45, 2.75) is 51.6 Å². The Morgan fingerprint density at radius 3 is 1.96 bits per heavy atom. The minimum Gasteiger partial charge on any atom is -0.351 e. The molecule has 0 radical (unpaired) electrons. The van der Waals surface area contributed by atoms with Crippen LogP contribution < -0.4 is 10.0 Å². The van der Waals surface area contributed by atoms with E-state index in [4.69, 9.17) is 0 Å². The van der Waals surface area contributed by atoms with Crippen LogP contribution in [0.1, 0.15) is 37.0 Å². The second kappa shape index (κ2) is 9.15. The molecule has 0 spiro atoms. The molecule has 0 saturated heterocycles. The maximum absolute atomic E-state index is 12.7. The zero-order valence-corrected chi connectivity index (χ0v) is 17.1. The highest BCUT2D eigenvalue weighted by molar-refractivity contribution is 7.89. The van der Waals surface area contributed by atoms with Crippen molar-refractivity contribution >= 4 is 15.9 Å². The highest BCUT2D eigenvalue weighted by Gasteiger charge is 2.26. The standard InChI is InChI=1S/C21H28N2O3S/c1-15(2)13-20(21(24)22-14-18-9-5-16(3)6-10-18)23-27(25,26)19-11-7-17(4)8-12-19/h5-12,15,20,23H,13-14H2,1-4H3,(H,22,24). The van der Waals surface area contributed by atoms with Crippen molar-refractivity contribution in [2.24, 2.45) is 5.92 Å². The molecular weight excluding hydrogens is 360 g/mol. The summed E-state index contributed by atoms with van der Waals surface area (Å²) in [7, 11) is -3.77. The van der Waals surface area contributed by atoms with Crippen LogP contribution in [0.2, 0.25) is 0 Å². The quantitative estimate of drug-likeness (QED) is 0.728. The third kappa shape index (κ3) is 6.48. The SMILES string of the molecule is Cc1ccc(CNC(=O)C(CC(C)C)NS(=O)(=O)c2ccc(C)cc2)cc1. The number of carbonyl (C=O) groups is 1. The molecule has 27 heavy (non-hydrogen) atoms. The van der Waals surface area contributed by atoms with Crippen molar-refractivity contribution in [1.29, 1.82) is 0 Å². The molecule has 0 aliphatic rings. The number of amides is 1. The monoisotopic (exact) mass is 388 g/mol. The Labute approximate surface area is 162 Å². The summed E-state index contributed by atoms with van der Waals surface area (Å²) in [6, 6.07) is 13.6. The van der Waals surface area contributed by atoms with Gasteiger partial charge < -0.3 is 5.32 Å². The van der Waals surface area contributed by atoms with E-state index >= 15 is 0 Å². The van der Waals surface area contributed by atoms with E-state index in [0.29, 0.717) is 13.0 Å². The molecule has 1 atom stereocenters. The Kier molecular flexibility index (Phi) is 7.16. The maximum Gasteiger partial charge on any atom is 0.241 e. The van der Waals surface area contributed by atoms with E-state index in [1.54, 1.807) is 24.3 Å². The molecule has 0 aliphatic heterocycles. The van der Waals surface area contributed by atoms with Crippen molar-refractivity contribution in [3.05, 3.63) is 65.2 Å². The van der Waals surface area contributed by atoms with Gasteiger partial charge in [0.25, 0.3) is 0 Å². The topological polar surface area (TPSA) is 75.3 Å². The Morgan fingerprint density at radius 1 is 0.926 bits per heavy atom. The zero-order valence-electron chi connectivity index (χ0n) is 16.3. The summed E-state index contributed by atoms with van der Waals surface area (Å²) in [6.07, 6.45) is 0.421. The third-order valence-corrected chi connectivity index (χ3v) is 5.73. The summed E-state index contributed by atoms with van der Waals surface area (Å²) >= 11 is 0. The van der Waals surface area contributed by atoms with Crippen LogP contribution in [0.4, 0.5) is 0 Å². The largest absolute Gasteiger partial charge is 0.351 e. The van der Waals surface area contributed by atoms with Crippen LogP contribution in [-0.2, 0) is 21.4 Å². The van der Waals surface area contributed by atoms with Gasteiger partial charge in [0.15, 0.2) is 0 Å². The fraction of sp³-hybridized carbons (Fsp3) is 0.381. The lowest BCUT2D eigenvalue weighted by Gasteiger charge is -2.20. The number of rotatable bonds is 8. The van der Waals surface area contributed by atoms with Crippen molar-refractivity contribution < 1.29 is 13.2 Å². The first-order chi connectivity index (χ1) is 12.7. The molecule has 0 bridgehead atoms. The van der Waals surface area contributed by atoms with E-state index < -0.39 is 16.1 Å². The first-order valence-corrected chi connectivity index (χ1v) is 10.6. The number of hydrogen-bond acceptors (Lipinski definition) is 3. The van der Waals surface area contributed by atoms with Crippen LogP contribution in [-0.4, -0.2) is 20.4 Å². The minimum absolute atomic E-state index is 0.160. The Balaban J connectivity index is 2.09. The lowest BCUT2D eigenvalue weighted by Crippen LogP contribution is -2.47. The highest BCUT2D eigenvalue weighted by atomic mass is 32.2. The van der Waals surface area contributed by atoms with Gasteiger partial charge in [0.05, 0.1) is 4.90 Å². The van der Waals surface area contributed by atoms with Gasteiger partial charge in [-0.3, -0.25) is 4.79 Å². The van der Waals surface area contributed by atoms with E-state index in [1.807, 2.05) is 52.0 Å². The van der Waals surface area contributed by atoms with Crippen molar-refractivity contribution in [3.63, 3.8) is 0 Å². The molecule has 6 heteroatoms. The van der Waals surface area contributed by atoms with Gasteiger partial charge in [-0.25, -0.2) is 8.42 Å². The number of benzene rings is 2. The molecule has 0 aliphatic carbocycles. The van der Waals surface area contributed by atoms with Gasteiger partial charge in [0, 0.05) is 6.54 Å². The molecule has 0 aromatic heterocycles. The number of nitrogens with one attached hydrogen (secondary N) is 2. The molecular formula is C21H28N2O3S. The number of aryl methyl sites for hydroxylation is 2. The van der Waals surface area contributed by atoms with Crippen LogP contribution in [0.3, 0.4) is 0 Å². The van der Waals surface area contributed by atoms with Gasteiger partial charge in [-0.2, -0.15) is 4.72 Å². The van der Waals surface area contributed by atoms with Crippen LogP contribution in [0, 0.1) is 19.8 Å². The molecule has 1 amide bonds. The van der Waals surface area contributed by atoms with Gasteiger partial charge in [-0.1, -0.05) is 61.4 Å². The molecule has 2 rings (SSSR count). The van der Waals surface area contributed by atoms with E-state index in [-0.39, 0.29) is 16.7 Å². The highest BCUT2D eigenvalue weighted by Crippen LogP contribution is 2.13. The third-order valence-electron chi connectivity index (χ3n) is 4.24. The summed E-state index contributed by atoms with van der Waals surface area (Å²) in [4.78, 5) is 12.8. The smallest absolute Gasteiger partial charge is 0.241 e. The molecule has 0 saturated carbocycles. The molecule has 1 unspecified atom stereocenters. The molecule has 0 heterocycles. The first-order valence-electron chi connectivity index (χ1n) is 9.09. The summed E-state index contributed by atoms with van der Waals surface area (Å²) in [5, 5.41) is 2.84. The van der Waals surface area contributed by atoms with E-state index in [9.17, 15) is 13.2 Å². The van der Waals surface area contributed by atoms with Gasteiger partial charge in [-0.15, -0.1) is 0 Å². The van der Waals surface area contributed by atoms with Crippen LogP contribution in [0.5, 0.6) is 0 Å². The van der Waals surface area contributed by atoms with E-state index in [2.05, 4.69) is 10.0 Å². The molecule has 2 aromatic rings. The summed E-state index contributed by atoms with van der Waals surface area (Å²) in [5.74, 6) is -0.152. The average molecular weight is 389 g/mol. The van der Waals surface area contributed by atoms with Gasteiger partial charge in [0.2, 0.25) is 15.9 Å². The predicted octanol–water partition coefficient (Wildman–Crippen LogP) is 3.31. The summed E-state index contributed by atoms with van der Waals surface area (Å²) in [5.41, 5.74) is 3.09. The number of sulfonamides is 1. The Hall–Kier alpha value is -2.18. The normalized spacial score (nSPS) is 12.8. The fourth-order valence-corrected chi connectivity index (χ4v) is 3.88. The van der Waals surface area contributed by atoms with E-state index in [0.717, 1.165) is 16.7 Å². The summed E-state index contributed by atoms with van der Waals surface area (Å²) in [6.45, 7) is 8.17. The molecule has 146 valence electrons. The van der Waals surface area contributed by atoms with Gasteiger partial charge in [0.1, 0.15) is 6.04 Å². The number of hydrogen-bond donors (Lipinski definition) is 2. The maximum atomic E-state index is 12.7. The summed E-state index contributed by atoms with van der Waals surface area (Å²) < 4.78 is 27.9. The van der Waals surface area contributed by atoms with Crippen LogP contribution in [0.25, 0.3) is 0 Å². The second-order valence-corrected chi connectivity index (χ2v) is 9.03.